The van der Waals surface area contributed by atoms with Crippen molar-refractivity contribution in [2.24, 2.45) is 0 Å². The number of methoxy groups -OCH3 is 1. The van der Waals surface area contributed by atoms with Crippen molar-refractivity contribution in [3.63, 3.8) is 0 Å². The van der Waals surface area contributed by atoms with Gasteiger partial charge in [-0.1, -0.05) is 35.9 Å². The molecule has 100 valence electrons. The summed E-state index contributed by atoms with van der Waals surface area (Å²) in [6.45, 7) is 4.25. The van der Waals surface area contributed by atoms with Gasteiger partial charge in [0.15, 0.2) is 0 Å². The van der Waals surface area contributed by atoms with E-state index < -0.39 is 0 Å². The molecule has 0 amide bonds. The highest BCUT2D eigenvalue weighted by Gasteiger charge is 2.14. The first kappa shape index (κ1) is 13.6. The molecule has 2 heteroatoms. The van der Waals surface area contributed by atoms with E-state index in [2.05, 4.69) is 55.6 Å². The van der Waals surface area contributed by atoms with Gasteiger partial charge in [-0.15, -0.1) is 0 Å². The first-order valence-corrected chi connectivity index (χ1v) is 6.54. The van der Waals surface area contributed by atoms with Crippen LogP contribution in [0, 0.1) is 13.8 Å². The maximum Gasteiger partial charge on any atom is 0.119 e. The van der Waals surface area contributed by atoms with E-state index in [-0.39, 0.29) is 6.04 Å². The van der Waals surface area contributed by atoms with E-state index in [4.69, 9.17) is 4.74 Å². The van der Waals surface area contributed by atoms with Crippen LogP contribution in [0.1, 0.15) is 28.3 Å². The van der Waals surface area contributed by atoms with Crippen LogP contribution in [0.5, 0.6) is 5.75 Å². The molecule has 0 aliphatic rings. The fraction of sp³-hybridized carbons (Fsp3) is 0.294. The molecular formula is C17H21NO. The van der Waals surface area contributed by atoms with Gasteiger partial charge in [0.1, 0.15) is 5.75 Å². The normalized spacial score (nSPS) is 12.2. The lowest BCUT2D eigenvalue weighted by molar-refractivity contribution is 0.414. The van der Waals surface area contributed by atoms with Crippen LogP contribution < -0.4 is 10.1 Å². The van der Waals surface area contributed by atoms with E-state index >= 15 is 0 Å². The monoisotopic (exact) mass is 255 g/mol. The van der Waals surface area contributed by atoms with Crippen molar-refractivity contribution in [1.29, 1.82) is 0 Å². The maximum atomic E-state index is 5.27. The van der Waals surface area contributed by atoms with Crippen LogP contribution in [0.15, 0.2) is 42.5 Å². The summed E-state index contributed by atoms with van der Waals surface area (Å²) in [6, 6.07) is 15.1. The lowest BCUT2D eigenvalue weighted by atomic mass is 9.94. The van der Waals surface area contributed by atoms with E-state index in [0.29, 0.717) is 0 Å². The molecule has 0 saturated carbocycles. The molecule has 0 aromatic heterocycles. The Bertz CT molecular complexity index is 563. The standard InChI is InChI=1S/C17H21NO/c1-12-6-5-7-14(10-12)17(18-3)16-9-8-15(19-4)11-13(16)2/h5-11,17-18H,1-4H3. The predicted octanol–water partition coefficient (Wildman–Crippen LogP) is 3.62. The Kier molecular flexibility index (Phi) is 4.23. The Morgan fingerprint density at radius 1 is 1.05 bits per heavy atom. The molecule has 0 aliphatic heterocycles. The Labute approximate surface area is 115 Å². The van der Waals surface area contributed by atoms with E-state index in [9.17, 15) is 0 Å². The molecule has 1 N–H and O–H groups in total. The van der Waals surface area contributed by atoms with Gasteiger partial charge in [0.2, 0.25) is 0 Å². The summed E-state index contributed by atoms with van der Waals surface area (Å²) in [4.78, 5) is 0. The lowest BCUT2D eigenvalue weighted by Gasteiger charge is -2.20. The molecule has 2 nitrogen and oxygen atoms in total. The zero-order chi connectivity index (χ0) is 13.8. The number of hydrogen-bond donors (Lipinski definition) is 1. The first-order chi connectivity index (χ1) is 9.15. The highest BCUT2D eigenvalue weighted by molar-refractivity contribution is 5.41. The van der Waals surface area contributed by atoms with Crippen molar-refractivity contribution in [2.45, 2.75) is 19.9 Å². The third kappa shape index (κ3) is 2.96. The first-order valence-electron chi connectivity index (χ1n) is 6.54. The molecule has 1 atom stereocenters. The minimum absolute atomic E-state index is 0.214. The molecule has 0 heterocycles. The van der Waals surface area contributed by atoms with Crippen molar-refractivity contribution < 1.29 is 4.74 Å². The molecule has 2 rings (SSSR count). The molecule has 0 saturated heterocycles. The average Bonchev–Trinajstić information content (AvgIpc) is 2.41. The Balaban J connectivity index is 2.42. The van der Waals surface area contributed by atoms with Gasteiger partial charge in [0, 0.05) is 0 Å². The zero-order valence-corrected chi connectivity index (χ0v) is 12.0. The van der Waals surface area contributed by atoms with Crippen LogP contribution >= 0.6 is 0 Å². The molecule has 0 aliphatic carbocycles. The largest absolute Gasteiger partial charge is 0.497 e. The third-order valence-electron chi connectivity index (χ3n) is 3.45. The van der Waals surface area contributed by atoms with E-state index in [1.54, 1.807) is 7.11 Å². The summed E-state index contributed by atoms with van der Waals surface area (Å²) in [6.07, 6.45) is 0. The van der Waals surface area contributed by atoms with Crippen LogP contribution in [0.25, 0.3) is 0 Å². The van der Waals surface area contributed by atoms with Crippen LogP contribution in [-0.4, -0.2) is 14.2 Å². The summed E-state index contributed by atoms with van der Waals surface area (Å²) in [5.74, 6) is 0.903. The molecule has 19 heavy (non-hydrogen) atoms. The molecule has 0 radical (unpaired) electrons. The predicted molar refractivity (Wildman–Crippen MR) is 79.8 cm³/mol. The fourth-order valence-corrected chi connectivity index (χ4v) is 2.45. The smallest absolute Gasteiger partial charge is 0.119 e. The van der Waals surface area contributed by atoms with Gasteiger partial charge >= 0.3 is 0 Å². The molecule has 0 spiro atoms. The Morgan fingerprint density at radius 3 is 2.42 bits per heavy atom. The van der Waals surface area contributed by atoms with Gasteiger partial charge < -0.3 is 10.1 Å². The fourth-order valence-electron chi connectivity index (χ4n) is 2.45. The molecule has 0 fully saturated rings. The number of nitrogens with one attached hydrogen (secondary N) is 1. The van der Waals surface area contributed by atoms with Gasteiger partial charge in [0.25, 0.3) is 0 Å². The lowest BCUT2D eigenvalue weighted by Crippen LogP contribution is -2.18. The van der Waals surface area contributed by atoms with Gasteiger partial charge in [0.05, 0.1) is 13.2 Å². The Morgan fingerprint density at radius 2 is 1.84 bits per heavy atom. The van der Waals surface area contributed by atoms with Crippen LogP contribution in [-0.2, 0) is 0 Å². The van der Waals surface area contributed by atoms with Gasteiger partial charge in [-0.3, -0.25) is 0 Å². The summed E-state index contributed by atoms with van der Waals surface area (Å²) in [5, 5.41) is 3.40. The number of aryl methyl sites for hydroxylation is 2. The summed E-state index contributed by atoms with van der Waals surface area (Å²) in [5.41, 5.74) is 5.09. The average molecular weight is 255 g/mol. The maximum absolute atomic E-state index is 5.27. The molecule has 2 aromatic carbocycles. The van der Waals surface area contributed by atoms with Gasteiger partial charge in [-0.2, -0.15) is 0 Å². The SMILES string of the molecule is CNC(c1cccc(C)c1)c1ccc(OC)cc1C. The van der Waals surface area contributed by atoms with Crippen molar-refractivity contribution in [3.8, 4) is 5.75 Å². The second kappa shape index (κ2) is 5.89. The summed E-state index contributed by atoms with van der Waals surface area (Å²) in [7, 11) is 3.70. The minimum Gasteiger partial charge on any atom is -0.497 e. The van der Waals surface area contributed by atoms with Crippen molar-refractivity contribution in [3.05, 3.63) is 64.7 Å². The Hall–Kier alpha value is -1.80. The van der Waals surface area contributed by atoms with E-state index in [1.165, 1.54) is 22.3 Å². The minimum atomic E-state index is 0.214. The van der Waals surface area contributed by atoms with Crippen LogP contribution in [0.2, 0.25) is 0 Å². The second-order valence-corrected chi connectivity index (χ2v) is 4.86. The molecular weight excluding hydrogens is 234 g/mol. The topological polar surface area (TPSA) is 21.3 Å². The molecule has 0 bridgehead atoms. The number of benzene rings is 2. The number of ether oxygens (including phenoxy) is 1. The summed E-state index contributed by atoms with van der Waals surface area (Å²) < 4.78 is 5.27. The van der Waals surface area contributed by atoms with Crippen molar-refractivity contribution >= 4 is 0 Å². The highest BCUT2D eigenvalue weighted by atomic mass is 16.5. The van der Waals surface area contributed by atoms with Gasteiger partial charge in [-0.05, 0) is 49.7 Å². The van der Waals surface area contributed by atoms with Crippen molar-refractivity contribution in [2.75, 3.05) is 14.2 Å². The second-order valence-electron chi connectivity index (χ2n) is 4.86. The third-order valence-corrected chi connectivity index (χ3v) is 3.45. The number of hydrogen-bond acceptors (Lipinski definition) is 2. The highest BCUT2D eigenvalue weighted by Crippen LogP contribution is 2.27. The number of rotatable bonds is 4. The quantitative estimate of drug-likeness (QED) is 0.901. The van der Waals surface area contributed by atoms with Gasteiger partial charge in [-0.25, -0.2) is 0 Å². The zero-order valence-electron chi connectivity index (χ0n) is 12.0. The summed E-state index contributed by atoms with van der Waals surface area (Å²) >= 11 is 0. The molecule has 1 unspecified atom stereocenters. The van der Waals surface area contributed by atoms with Crippen molar-refractivity contribution in [1.82, 2.24) is 5.32 Å². The molecule has 2 aromatic rings. The van der Waals surface area contributed by atoms with E-state index in [1.807, 2.05) is 13.1 Å². The van der Waals surface area contributed by atoms with Crippen LogP contribution in [0.3, 0.4) is 0 Å². The van der Waals surface area contributed by atoms with E-state index in [0.717, 1.165) is 5.75 Å². The van der Waals surface area contributed by atoms with Crippen LogP contribution in [0.4, 0.5) is 0 Å².